The number of nitrogens with zero attached hydrogens (tertiary/aromatic N) is 2. The first-order valence-corrected chi connectivity index (χ1v) is 10.8. The molecule has 0 spiro atoms. The number of hydrazine groups is 1. The van der Waals surface area contributed by atoms with E-state index in [-0.39, 0.29) is 5.57 Å². The van der Waals surface area contributed by atoms with Crippen LogP contribution in [0.2, 0.25) is 0 Å². The first-order chi connectivity index (χ1) is 16.3. The number of carbonyl (C=O) groups is 3. The van der Waals surface area contributed by atoms with Crippen molar-refractivity contribution in [3.8, 4) is 11.4 Å². The molecule has 8 heteroatoms. The lowest BCUT2D eigenvalue weighted by Crippen LogP contribution is -2.35. The van der Waals surface area contributed by atoms with Crippen molar-refractivity contribution in [2.45, 2.75) is 26.9 Å². The Morgan fingerprint density at radius 1 is 1.00 bits per heavy atom. The average Bonchev–Trinajstić information content (AvgIpc) is 3.29. The molecule has 8 nitrogen and oxygen atoms in total. The van der Waals surface area contributed by atoms with E-state index in [4.69, 9.17) is 4.74 Å². The van der Waals surface area contributed by atoms with Gasteiger partial charge in [0.1, 0.15) is 11.3 Å². The van der Waals surface area contributed by atoms with Gasteiger partial charge in [0.25, 0.3) is 11.8 Å². The van der Waals surface area contributed by atoms with Crippen molar-refractivity contribution in [2.75, 3.05) is 12.1 Å². The average molecular weight is 460 g/mol. The minimum atomic E-state index is -0.713. The van der Waals surface area contributed by atoms with Gasteiger partial charge in [-0.1, -0.05) is 18.2 Å². The minimum absolute atomic E-state index is 0.0737. The van der Waals surface area contributed by atoms with Crippen LogP contribution in [-0.4, -0.2) is 35.6 Å². The summed E-state index contributed by atoms with van der Waals surface area (Å²) in [7, 11) is 1.32. The van der Waals surface area contributed by atoms with Crippen molar-refractivity contribution >= 4 is 29.5 Å². The van der Waals surface area contributed by atoms with Crippen LogP contribution in [-0.2, 0) is 19.1 Å². The molecule has 1 aliphatic heterocycles. The maximum atomic E-state index is 12.9. The number of benzene rings is 2. The molecule has 0 unspecified atom stereocenters. The van der Waals surface area contributed by atoms with E-state index < -0.39 is 23.9 Å². The van der Waals surface area contributed by atoms with Crippen LogP contribution >= 0.6 is 0 Å². The number of para-hydroxylation sites is 1. The Morgan fingerprint density at radius 3 is 2.32 bits per heavy atom. The van der Waals surface area contributed by atoms with E-state index in [1.807, 2.05) is 42.7 Å². The van der Waals surface area contributed by atoms with Crippen molar-refractivity contribution in [3.63, 3.8) is 0 Å². The molecule has 2 heterocycles. The Kier molecular flexibility index (Phi) is 6.23. The van der Waals surface area contributed by atoms with E-state index in [0.717, 1.165) is 22.6 Å². The molecule has 1 aromatic heterocycles. The molecule has 0 aliphatic carbocycles. The molecule has 1 aliphatic rings. The molecule has 1 atom stereocenters. The van der Waals surface area contributed by atoms with Gasteiger partial charge in [-0.3, -0.25) is 15.0 Å². The number of amides is 2. The Bertz CT molecular complexity index is 1280. The van der Waals surface area contributed by atoms with Gasteiger partial charge in [0.15, 0.2) is 6.10 Å². The molecule has 1 saturated heterocycles. The molecular weight excluding hydrogens is 434 g/mol. The highest BCUT2D eigenvalue weighted by atomic mass is 16.6. The standard InChI is InChI=1S/C26H25N3O5/c1-16-14-19(15-23-24(30)27-29(25(23)31)21-8-6-5-7-9-21)17(2)28(16)20-10-12-22(13-11-20)34-18(3)26(32)33-4/h5-15,18H,1-4H3,(H,27,30)/b23-15-/t18-/m1/s1. The normalized spacial score (nSPS) is 15.4. The van der Waals surface area contributed by atoms with Crippen LogP contribution < -0.4 is 15.2 Å². The lowest BCUT2D eigenvalue weighted by molar-refractivity contribution is -0.147. The lowest BCUT2D eigenvalue weighted by atomic mass is 10.1. The number of aryl methyl sites for hydroxylation is 1. The molecule has 1 N–H and O–H groups in total. The zero-order chi connectivity index (χ0) is 24.4. The lowest BCUT2D eigenvalue weighted by Gasteiger charge is -2.14. The van der Waals surface area contributed by atoms with Crippen molar-refractivity contribution in [1.82, 2.24) is 9.99 Å². The maximum Gasteiger partial charge on any atom is 0.346 e. The number of esters is 1. The van der Waals surface area contributed by atoms with Gasteiger partial charge in [-0.2, -0.15) is 0 Å². The molecule has 0 radical (unpaired) electrons. The van der Waals surface area contributed by atoms with Gasteiger partial charge >= 0.3 is 5.97 Å². The van der Waals surface area contributed by atoms with E-state index >= 15 is 0 Å². The number of ether oxygens (including phenoxy) is 2. The zero-order valence-corrected chi connectivity index (χ0v) is 19.4. The van der Waals surface area contributed by atoms with Crippen LogP contribution in [0.4, 0.5) is 5.69 Å². The molecule has 2 amide bonds. The predicted octanol–water partition coefficient (Wildman–Crippen LogP) is 3.50. The van der Waals surface area contributed by atoms with E-state index in [2.05, 4.69) is 10.2 Å². The summed E-state index contributed by atoms with van der Waals surface area (Å²) in [5.74, 6) is -0.752. The summed E-state index contributed by atoms with van der Waals surface area (Å²) in [5, 5.41) is 1.25. The Labute approximate surface area is 197 Å². The third kappa shape index (κ3) is 4.30. The van der Waals surface area contributed by atoms with Gasteiger partial charge in [0, 0.05) is 17.1 Å². The van der Waals surface area contributed by atoms with Gasteiger partial charge in [-0.15, -0.1) is 0 Å². The summed E-state index contributed by atoms with van der Waals surface area (Å²) < 4.78 is 12.3. The second-order valence-corrected chi connectivity index (χ2v) is 7.91. The number of hydrogen-bond acceptors (Lipinski definition) is 5. The number of anilines is 1. The van der Waals surface area contributed by atoms with E-state index in [0.29, 0.717) is 11.4 Å². The second kappa shape index (κ2) is 9.27. The fourth-order valence-electron chi connectivity index (χ4n) is 3.89. The zero-order valence-electron chi connectivity index (χ0n) is 19.4. The third-order valence-corrected chi connectivity index (χ3v) is 5.62. The Balaban J connectivity index is 1.59. The van der Waals surface area contributed by atoms with E-state index in [9.17, 15) is 14.4 Å². The Hall–Kier alpha value is -4.33. The van der Waals surface area contributed by atoms with E-state index in [1.54, 1.807) is 49.4 Å². The first-order valence-electron chi connectivity index (χ1n) is 10.8. The molecule has 1 fully saturated rings. The molecule has 3 aromatic rings. The molecule has 0 bridgehead atoms. The van der Waals surface area contributed by atoms with Crippen LogP contribution in [0, 0.1) is 13.8 Å². The SMILES string of the molecule is COC(=O)[C@@H](C)Oc1ccc(-n2c(C)cc(/C=C3/C(=O)NN(c4ccccc4)C3=O)c2C)cc1. The molecule has 4 rings (SSSR count). The maximum absolute atomic E-state index is 12.9. The van der Waals surface area contributed by atoms with Crippen LogP contribution in [0.1, 0.15) is 23.9 Å². The predicted molar refractivity (Wildman–Crippen MR) is 127 cm³/mol. The number of aromatic nitrogens is 1. The van der Waals surface area contributed by atoms with Gasteiger partial charge in [-0.25, -0.2) is 9.80 Å². The highest BCUT2D eigenvalue weighted by Gasteiger charge is 2.34. The van der Waals surface area contributed by atoms with Gasteiger partial charge in [0.05, 0.1) is 12.8 Å². The van der Waals surface area contributed by atoms with Crippen molar-refractivity contribution in [2.24, 2.45) is 0 Å². The van der Waals surface area contributed by atoms with Crippen LogP contribution in [0.5, 0.6) is 5.75 Å². The Morgan fingerprint density at radius 2 is 1.68 bits per heavy atom. The molecule has 0 saturated carbocycles. The number of rotatable bonds is 6. The summed E-state index contributed by atoms with van der Waals surface area (Å²) >= 11 is 0. The summed E-state index contributed by atoms with van der Waals surface area (Å²) in [6, 6.07) is 18.2. The minimum Gasteiger partial charge on any atom is -0.479 e. The summed E-state index contributed by atoms with van der Waals surface area (Å²) in [6.07, 6.45) is 0.907. The van der Waals surface area contributed by atoms with Crippen LogP contribution in [0.25, 0.3) is 11.8 Å². The van der Waals surface area contributed by atoms with Gasteiger partial charge in [0.2, 0.25) is 0 Å². The van der Waals surface area contributed by atoms with Crippen molar-refractivity contribution < 1.29 is 23.9 Å². The second-order valence-electron chi connectivity index (χ2n) is 7.91. The largest absolute Gasteiger partial charge is 0.479 e. The van der Waals surface area contributed by atoms with Crippen LogP contribution in [0.15, 0.2) is 66.2 Å². The van der Waals surface area contributed by atoms with Gasteiger partial charge < -0.3 is 14.0 Å². The number of nitrogens with one attached hydrogen (secondary N) is 1. The summed E-state index contributed by atoms with van der Waals surface area (Å²) in [5.41, 5.74) is 6.75. The van der Waals surface area contributed by atoms with E-state index in [1.165, 1.54) is 12.1 Å². The molecule has 34 heavy (non-hydrogen) atoms. The molecular formula is C26H25N3O5. The summed E-state index contributed by atoms with van der Waals surface area (Å²) in [4.78, 5) is 37.0. The highest BCUT2D eigenvalue weighted by Crippen LogP contribution is 2.27. The first kappa shape index (κ1) is 22.8. The fourth-order valence-corrected chi connectivity index (χ4v) is 3.89. The third-order valence-electron chi connectivity index (χ3n) is 5.62. The van der Waals surface area contributed by atoms with Crippen molar-refractivity contribution in [1.29, 1.82) is 0 Å². The van der Waals surface area contributed by atoms with Crippen molar-refractivity contribution in [3.05, 3.63) is 83.2 Å². The quantitative estimate of drug-likeness (QED) is 0.346. The number of hydrogen-bond donors (Lipinski definition) is 1. The number of methoxy groups -OCH3 is 1. The topological polar surface area (TPSA) is 89.9 Å². The fraction of sp³-hybridized carbons (Fsp3) is 0.192. The van der Waals surface area contributed by atoms with Crippen LogP contribution in [0.3, 0.4) is 0 Å². The highest BCUT2D eigenvalue weighted by molar-refractivity contribution is 6.31. The molecule has 174 valence electrons. The number of carbonyl (C=O) groups excluding carboxylic acids is 3. The molecule has 2 aromatic carbocycles. The smallest absolute Gasteiger partial charge is 0.346 e. The monoisotopic (exact) mass is 459 g/mol. The summed E-state index contributed by atoms with van der Waals surface area (Å²) in [6.45, 7) is 5.50. The van der Waals surface area contributed by atoms with Gasteiger partial charge in [-0.05, 0) is 74.9 Å².